The average Bonchev–Trinajstić information content (AvgIpc) is 2.77. The fraction of sp³-hybridized carbons (Fsp3) is 0.600. The number of thiophene rings is 1. The lowest BCUT2D eigenvalue weighted by atomic mass is 9.90. The van der Waals surface area contributed by atoms with Crippen LogP contribution < -0.4 is 5.32 Å². The highest BCUT2D eigenvalue weighted by atomic mass is 32.1. The predicted octanol–water partition coefficient (Wildman–Crippen LogP) is 1.83. The molecule has 0 aromatic carbocycles. The summed E-state index contributed by atoms with van der Waals surface area (Å²) in [6, 6.07) is 1.93. The lowest BCUT2D eigenvalue weighted by Gasteiger charge is -2.21. The third kappa shape index (κ3) is 4.28. The molecule has 21 heavy (non-hydrogen) atoms. The molecule has 2 atom stereocenters. The van der Waals surface area contributed by atoms with Gasteiger partial charge < -0.3 is 15.5 Å². The normalized spacial score (nSPS) is 20.4. The van der Waals surface area contributed by atoms with Crippen molar-refractivity contribution in [3.05, 3.63) is 21.4 Å². The van der Waals surface area contributed by atoms with E-state index < -0.39 is 18.0 Å². The lowest BCUT2D eigenvalue weighted by Crippen LogP contribution is -2.41. The van der Waals surface area contributed by atoms with E-state index in [-0.39, 0.29) is 12.5 Å². The number of carbonyl (C=O) groups is 2. The summed E-state index contributed by atoms with van der Waals surface area (Å²) in [4.78, 5) is 24.7. The molecular weight excluding hydrogens is 290 g/mol. The van der Waals surface area contributed by atoms with E-state index in [0.717, 1.165) is 19.3 Å². The predicted molar refractivity (Wildman–Crippen MR) is 80.7 cm³/mol. The maximum atomic E-state index is 12.1. The zero-order chi connectivity index (χ0) is 15.6. The number of carbonyl (C=O) groups excluding carboxylic acids is 1. The minimum Gasteiger partial charge on any atom is -0.481 e. The number of nitrogens with one attached hydrogen (secondary N) is 1. The molecule has 1 aliphatic carbocycles. The zero-order valence-electron chi connectivity index (χ0n) is 12.3. The van der Waals surface area contributed by atoms with Gasteiger partial charge in [-0.15, -0.1) is 11.3 Å². The lowest BCUT2D eigenvalue weighted by molar-refractivity contribution is -0.141. The molecule has 1 aromatic heterocycles. The average molecular weight is 311 g/mol. The molecule has 0 aliphatic heterocycles. The van der Waals surface area contributed by atoms with E-state index in [1.807, 2.05) is 6.07 Å². The molecule has 2 unspecified atom stereocenters. The summed E-state index contributed by atoms with van der Waals surface area (Å²) in [6.45, 7) is 3.54. The monoisotopic (exact) mass is 311 g/mol. The molecule has 0 saturated heterocycles. The van der Waals surface area contributed by atoms with Crippen molar-refractivity contribution < 1.29 is 19.8 Å². The quantitative estimate of drug-likeness (QED) is 0.774. The summed E-state index contributed by atoms with van der Waals surface area (Å²) < 4.78 is 0. The molecular formula is C15H21NO4S. The van der Waals surface area contributed by atoms with Gasteiger partial charge in [0.2, 0.25) is 0 Å². The van der Waals surface area contributed by atoms with Crippen molar-refractivity contribution in [2.24, 2.45) is 5.92 Å². The fourth-order valence-electron chi connectivity index (χ4n) is 2.56. The Hall–Kier alpha value is -1.40. The van der Waals surface area contributed by atoms with E-state index in [0.29, 0.717) is 10.8 Å². The van der Waals surface area contributed by atoms with Crippen LogP contribution in [-0.2, 0) is 17.6 Å². The Morgan fingerprint density at radius 3 is 2.90 bits per heavy atom. The first-order chi connectivity index (χ1) is 9.77. The molecule has 0 saturated carbocycles. The van der Waals surface area contributed by atoms with Gasteiger partial charge in [-0.1, -0.05) is 6.92 Å². The van der Waals surface area contributed by atoms with Gasteiger partial charge in [0.05, 0.1) is 16.9 Å². The number of carboxylic acid groups (broad SMARTS) is 1. The molecule has 1 amide bonds. The van der Waals surface area contributed by atoms with Crippen molar-refractivity contribution in [2.75, 3.05) is 6.54 Å². The number of hydrogen-bond acceptors (Lipinski definition) is 4. The number of aryl methyl sites for hydroxylation is 1. The van der Waals surface area contributed by atoms with Gasteiger partial charge in [-0.05, 0) is 43.7 Å². The van der Waals surface area contributed by atoms with Gasteiger partial charge in [0.25, 0.3) is 5.91 Å². The van der Waals surface area contributed by atoms with Crippen LogP contribution in [0, 0.1) is 5.92 Å². The number of rotatable bonds is 5. The second-order valence-electron chi connectivity index (χ2n) is 6.16. The van der Waals surface area contributed by atoms with Crippen LogP contribution in [0.3, 0.4) is 0 Å². The van der Waals surface area contributed by atoms with Gasteiger partial charge in [-0.2, -0.15) is 0 Å². The first-order valence-electron chi connectivity index (χ1n) is 7.11. The number of amides is 1. The minimum absolute atomic E-state index is 0.0723. The summed E-state index contributed by atoms with van der Waals surface area (Å²) >= 11 is 1.50. The first kappa shape index (κ1) is 16.0. The molecule has 116 valence electrons. The number of aliphatic carboxylic acids is 1. The Balaban J connectivity index is 1.97. The summed E-state index contributed by atoms with van der Waals surface area (Å²) in [5, 5.41) is 21.2. The van der Waals surface area contributed by atoms with Crippen molar-refractivity contribution in [2.45, 2.75) is 45.1 Å². The first-order valence-corrected chi connectivity index (χ1v) is 7.92. The minimum atomic E-state index is -1.44. The van der Waals surface area contributed by atoms with Gasteiger partial charge in [0.15, 0.2) is 0 Å². The third-order valence-electron chi connectivity index (χ3n) is 3.71. The van der Waals surface area contributed by atoms with E-state index >= 15 is 0 Å². The molecule has 0 radical (unpaired) electrons. The van der Waals surface area contributed by atoms with Crippen LogP contribution in [0.5, 0.6) is 0 Å². The molecule has 1 aromatic rings. The van der Waals surface area contributed by atoms with Crippen molar-refractivity contribution in [1.29, 1.82) is 0 Å². The van der Waals surface area contributed by atoms with Crippen LogP contribution >= 0.6 is 11.3 Å². The third-order valence-corrected chi connectivity index (χ3v) is 4.95. The second-order valence-corrected chi connectivity index (χ2v) is 7.29. The van der Waals surface area contributed by atoms with Gasteiger partial charge in [0, 0.05) is 11.4 Å². The van der Waals surface area contributed by atoms with E-state index in [9.17, 15) is 14.7 Å². The summed E-state index contributed by atoms with van der Waals surface area (Å²) in [5.41, 5.74) is -0.187. The van der Waals surface area contributed by atoms with Crippen molar-refractivity contribution in [1.82, 2.24) is 5.32 Å². The summed E-state index contributed by atoms with van der Waals surface area (Å²) in [7, 11) is 0. The Kier molecular flexibility index (Phi) is 4.68. The van der Waals surface area contributed by atoms with Crippen molar-refractivity contribution in [3.63, 3.8) is 0 Å². The van der Waals surface area contributed by atoms with Crippen molar-refractivity contribution in [3.8, 4) is 0 Å². The van der Waals surface area contributed by atoms with Gasteiger partial charge >= 0.3 is 5.97 Å². The van der Waals surface area contributed by atoms with Crippen LogP contribution in [-0.4, -0.2) is 34.2 Å². The summed E-state index contributed by atoms with van der Waals surface area (Å²) in [5.74, 6) is -0.679. The van der Waals surface area contributed by atoms with E-state index in [2.05, 4.69) is 12.2 Å². The standard InChI is InChI=1S/C15H21NO4S/c1-9-3-4-11-10(5-9)6-12(21-11)14(19)16-8-15(2,20)7-13(17)18/h6,9,20H,3-5,7-8H2,1-2H3,(H,16,19)(H,17,18). The highest BCUT2D eigenvalue weighted by Gasteiger charge is 2.26. The fourth-order valence-corrected chi connectivity index (χ4v) is 3.69. The zero-order valence-corrected chi connectivity index (χ0v) is 13.1. The molecule has 5 nitrogen and oxygen atoms in total. The number of aliphatic hydroxyl groups is 1. The number of hydrogen-bond donors (Lipinski definition) is 3. The topological polar surface area (TPSA) is 86.6 Å². The van der Waals surface area contributed by atoms with Gasteiger partial charge in [-0.25, -0.2) is 0 Å². The molecule has 2 rings (SSSR count). The molecule has 0 bridgehead atoms. The summed E-state index contributed by atoms with van der Waals surface area (Å²) in [6.07, 6.45) is 2.79. The Bertz CT molecular complexity index is 550. The molecule has 6 heteroatoms. The van der Waals surface area contributed by atoms with E-state index in [1.165, 1.54) is 28.7 Å². The highest BCUT2D eigenvalue weighted by Crippen LogP contribution is 2.32. The van der Waals surface area contributed by atoms with E-state index in [1.54, 1.807) is 0 Å². The van der Waals surface area contributed by atoms with Crippen LogP contribution in [0.1, 0.15) is 46.8 Å². The Morgan fingerprint density at radius 2 is 2.24 bits per heavy atom. The van der Waals surface area contributed by atoms with E-state index in [4.69, 9.17) is 5.11 Å². The van der Waals surface area contributed by atoms with Crippen LogP contribution in [0.2, 0.25) is 0 Å². The molecule has 1 aliphatic rings. The number of carboxylic acids is 1. The smallest absolute Gasteiger partial charge is 0.306 e. The highest BCUT2D eigenvalue weighted by molar-refractivity contribution is 7.14. The molecule has 3 N–H and O–H groups in total. The largest absolute Gasteiger partial charge is 0.481 e. The molecule has 0 spiro atoms. The second kappa shape index (κ2) is 6.15. The Labute approximate surface area is 128 Å². The van der Waals surface area contributed by atoms with Gasteiger partial charge in [-0.3, -0.25) is 9.59 Å². The van der Waals surface area contributed by atoms with Crippen LogP contribution in [0.4, 0.5) is 0 Å². The SMILES string of the molecule is CC1CCc2sc(C(=O)NCC(C)(O)CC(=O)O)cc2C1. The van der Waals surface area contributed by atoms with Gasteiger partial charge in [0.1, 0.15) is 0 Å². The van der Waals surface area contributed by atoms with Crippen molar-refractivity contribution >= 4 is 23.2 Å². The maximum absolute atomic E-state index is 12.1. The molecule has 0 fully saturated rings. The van der Waals surface area contributed by atoms with Crippen LogP contribution in [0.15, 0.2) is 6.07 Å². The van der Waals surface area contributed by atoms with Crippen LogP contribution in [0.25, 0.3) is 0 Å². The Morgan fingerprint density at radius 1 is 1.52 bits per heavy atom. The maximum Gasteiger partial charge on any atom is 0.306 e. The molecule has 1 heterocycles. The number of fused-ring (bicyclic) bond motifs is 1.